The number of rotatable bonds is 2. The average Bonchev–Trinajstić information content (AvgIpc) is 2.40. The van der Waals surface area contributed by atoms with Gasteiger partial charge >= 0.3 is 0 Å². The highest BCUT2D eigenvalue weighted by Crippen LogP contribution is 2.33. The van der Waals surface area contributed by atoms with E-state index < -0.39 is 0 Å². The molecule has 2 N–H and O–H groups in total. The number of halogens is 1. The van der Waals surface area contributed by atoms with E-state index in [2.05, 4.69) is 4.98 Å². The Morgan fingerprint density at radius 1 is 1.11 bits per heavy atom. The average molecular weight is 273 g/mol. The van der Waals surface area contributed by atoms with Gasteiger partial charge in [0.25, 0.3) is 0 Å². The van der Waals surface area contributed by atoms with Gasteiger partial charge < -0.3 is 10.5 Å². The predicted molar refractivity (Wildman–Crippen MR) is 79.8 cm³/mol. The van der Waals surface area contributed by atoms with Gasteiger partial charge in [-0.15, -0.1) is 0 Å². The monoisotopic (exact) mass is 272 g/mol. The Labute approximate surface area is 116 Å². The number of hydrogen-bond donors (Lipinski definition) is 1. The van der Waals surface area contributed by atoms with E-state index in [1.807, 2.05) is 43.3 Å². The van der Waals surface area contributed by atoms with E-state index in [1.165, 1.54) is 0 Å². The van der Waals surface area contributed by atoms with E-state index in [1.54, 1.807) is 0 Å². The lowest BCUT2D eigenvalue weighted by Crippen LogP contribution is -1.92. The smallest absolute Gasteiger partial charge is 0.120 e. The normalized spacial score (nSPS) is 11.1. The summed E-state index contributed by atoms with van der Waals surface area (Å²) in [5.41, 5.74) is 8.11. The summed E-state index contributed by atoms with van der Waals surface area (Å²) in [7, 11) is 0. The van der Waals surface area contributed by atoms with Crippen molar-refractivity contribution in [3.8, 4) is 5.75 Å². The van der Waals surface area contributed by atoms with Crippen LogP contribution >= 0.6 is 11.6 Å². The van der Waals surface area contributed by atoms with Crippen LogP contribution in [0.4, 0.5) is 5.69 Å². The quantitative estimate of drug-likeness (QED) is 0.566. The fourth-order valence-corrected chi connectivity index (χ4v) is 2.46. The second kappa shape index (κ2) is 4.59. The van der Waals surface area contributed by atoms with Gasteiger partial charge in [-0.25, -0.2) is 4.98 Å². The summed E-state index contributed by atoms with van der Waals surface area (Å²) in [5, 5.41) is 2.48. The van der Waals surface area contributed by atoms with Crippen LogP contribution in [-0.2, 0) is 0 Å². The van der Waals surface area contributed by atoms with E-state index in [-0.39, 0.29) is 0 Å². The van der Waals surface area contributed by atoms with Gasteiger partial charge in [-0.05, 0) is 43.3 Å². The van der Waals surface area contributed by atoms with Crippen molar-refractivity contribution in [2.24, 2.45) is 0 Å². The van der Waals surface area contributed by atoms with Crippen molar-refractivity contribution in [2.45, 2.75) is 6.92 Å². The number of anilines is 1. The highest BCUT2D eigenvalue weighted by molar-refractivity contribution is 6.40. The molecule has 4 heteroatoms. The number of nitrogens with two attached hydrogens (primary N) is 1. The van der Waals surface area contributed by atoms with Crippen LogP contribution < -0.4 is 10.5 Å². The lowest BCUT2D eigenvalue weighted by molar-refractivity contribution is 0.340. The lowest BCUT2D eigenvalue weighted by atomic mass is 10.1. The molecular formula is C15H13ClN2O. The number of nitrogens with zero attached hydrogens (tertiary/aromatic N) is 1. The van der Waals surface area contributed by atoms with Gasteiger partial charge in [0.1, 0.15) is 5.75 Å². The van der Waals surface area contributed by atoms with Crippen molar-refractivity contribution in [3.05, 3.63) is 41.4 Å². The van der Waals surface area contributed by atoms with Crippen LogP contribution in [0.3, 0.4) is 0 Å². The second-order valence-corrected chi connectivity index (χ2v) is 4.69. The first-order valence-corrected chi connectivity index (χ1v) is 6.48. The summed E-state index contributed by atoms with van der Waals surface area (Å²) in [5.74, 6) is 0.800. The van der Waals surface area contributed by atoms with Crippen molar-refractivity contribution >= 4 is 39.1 Å². The number of aromatic nitrogens is 1. The van der Waals surface area contributed by atoms with Crippen molar-refractivity contribution in [1.29, 1.82) is 0 Å². The summed E-state index contributed by atoms with van der Waals surface area (Å²) >= 11 is 6.46. The molecule has 3 rings (SSSR count). The molecular weight excluding hydrogens is 260 g/mol. The van der Waals surface area contributed by atoms with Crippen LogP contribution in [0.2, 0.25) is 5.02 Å². The van der Waals surface area contributed by atoms with Gasteiger partial charge in [0.05, 0.1) is 22.7 Å². The molecule has 3 nitrogen and oxygen atoms in total. The summed E-state index contributed by atoms with van der Waals surface area (Å²) < 4.78 is 5.49. The molecule has 0 atom stereocenters. The molecule has 0 aliphatic rings. The third-order valence-corrected chi connectivity index (χ3v) is 3.42. The molecule has 3 aromatic rings. The maximum Gasteiger partial charge on any atom is 0.120 e. The summed E-state index contributed by atoms with van der Waals surface area (Å²) in [6, 6.07) is 11.3. The van der Waals surface area contributed by atoms with Crippen molar-refractivity contribution in [3.63, 3.8) is 0 Å². The van der Waals surface area contributed by atoms with Crippen molar-refractivity contribution in [2.75, 3.05) is 12.3 Å². The molecule has 0 saturated heterocycles. The Morgan fingerprint density at radius 3 is 2.74 bits per heavy atom. The Bertz CT molecular complexity index is 771. The summed E-state index contributed by atoms with van der Waals surface area (Å²) in [6.45, 7) is 2.58. The topological polar surface area (TPSA) is 48.1 Å². The molecule has 1 aromatic heterocycles. The Balaban J connectivity index is 2.33. The fourth-order valence-electron chi connectivity index (χ4n) is 2.15. The van der Waals surface area contributed by atoms with Crippen LogP contribution in [-0.4, -0.2) is 11.6 Å². The molecule has 0 saturated carbocycles. The predicted octanol–water partition coefficient (Wildman–Crippen LogP) is 4.02. The molecule has 0 radical (unpaired) electrons. The number of fused-ring (bicyclic) bond motifs is 2. The molecule has 0 aliphatic carbocycles. The van der Waals surface area contributed by atoms with Gasteiger partial charge in [-0.2, -0.15) is 0 Å². The molecule has 0 spiro atoms. The van der Waals surface area contributed by atoms with Crippen LogP contribution in [0.15, 0.2) is 36.4 Å². The standard InChI is InChI=1S/C15H13ClN2O/c1-2-19-10-4-6-13-12(8-10)15(16)11-5-3-9(17)7-14(11)18-13/h3-8H,2,17H2,1H3. The summed E-state index contributed by atoms with van der Waals surface area (Å²) in [4.78, 5) is 4.58. The van der Waals surface area contributed by atoms with Crippen LogP contribution in [0.25, 0.3) is 21.8 Å². The number of nitrogen functional groups attached to an aromatic ring is 1. The highest BCUT2D eigenvalue weighted by atomic mass is 35.5. The Kier molecular flexibility index (Phi) is 2.91. The minimum atomic E-state index is 0.626. The minimum absolute atomic E-state index is 0.626. The summed E-state index contributed by atoms with van der Waals surface area (Å²) in [6.07, 6.45) is 0. The molecule has 19 heavy (non-hydrogen) atoms. The van der Waals surface area contributed by atoms with Gasteiger partial charge in [0, 0.05) is 16.5 Å². The number of ether oxygens (including phenoxy) is 1. The zero-order chi connectivity index (χ0) is 13.4. The minimum Gasteiger partial charge on any atom is -0.494 e. The third-order valence-electron chi connectivity index (χ3n) is 3.01. The lowest BCUT2D eigenvalue weighted by Gasteiger charge is -2.08. The van der Waals surface area contributed by atoms with Gasteiger partial charge in [0.15, 0.2) is 0 Å². The van der Waals surface area contributed by atoms with Gasteiger partial charge in [0.2, 0.25) is 0 Å². The molecule has 1 heterocycles. The molecule has 0 bridgehead atoms. The molecule has 0 unspecified atom stereocenters. The number of benzene rings is 2. The molecule has 96 valence electrons. The third kappa shape index (κ3) is 2.06. The first kappa shape index (κ1) is 12.1. The number of hydrogen-bond acceptors (Lipinski definition) is 3. The van der Waals surface area contributed by atoms with E-state index in [9.17, 15) is 0 Å². The largest absolute Gasteiger partial charge is 0.494 e. The van der Waals surface area contributed by atoms with Gasteiger partial charge in [-0.1, -0.05) is 11.6 Å². The number of pyridine rings is 1. The van der Waals surface area contributed by atoms with E-state index >= 15 is 0 Å². The first-order chi connectivity index (χ1) is 9.19. The Morgan fingerprint density at radius 2 is 1.95 bits per heavy atom. The van der Waals surface area contributed by atoms with Gasteiger partial charge in [-0.3, -0.25) is 0 Å². The molecule has 2 aromatic carbocycles. The van der Waals surface area contributed by atoms with E-state index in [4.69, 9.17) is 22.1 Å². The SMILES string of the molecule is CCOc1ccc2nc3cc(N)ccc3c(Cl)c2c1. The second-order valence-electron chi connectivity index (χ2n) is 4.31. The highest BCUT2D eigenvalue weighted by Gasteiger charge is 2.08. The Hall–Kier alpha value is -2.00. The fraction of sp³-hybridized carbons (Fsp3) is 0.133. The van der Waals surface area contributed by atoms with Crippen molar-refractivity contribution in [1.82, 2.24) is 4.98 Å². The maximum absolute atomic E-state index is 6.46. The molecule has 0 fully saturated rings. The molecule has 0 aliphatic heterocycles. The zero-order valence-electron chi connectivity index (χ0n) is 10.5. The maximum atomic E-state index is 6.46. The van der Waals surface area contributed by atoms with Crippen molar-refractivity contribution < 1.29 is 4.74 Å². The van der Waals surface area contributed by atoms with E-state index in [0.717, 1.165) is 27.6 Å². The zero-order valence-corrected chi connectivity index (χ0v) is 11.2. The first-order valence-electron chi connectivity index (χ1n) is 6.10. The van der Waals surface area contributed by atoms with Crippen LogP contribution in [0, 0.1) is 0 Å². The van der Waals surface area contributed by atoms with Crippen LogP contribution in [0.5, 0.6) is 5.75 Å². The van der Waals surface area contributed by atoms with E-state index in [0.29, 0.717) is 17.3 Å². The molecule has 0 amide bonds. The van der Waals surface area contributed by atoms with Crippen LogP contribution in [0.1, 0.15) is 6.92 Å².